The summed E-state index contributed by atoms with van der Waals surface area (Å²) in [5, 5.41) is 18.0. The largest absolute Gasteiger partial charge is 0.504 e. The highest BCUT2D eigenvalue weighted by Crippen LogP contribution is 2.38. The van der Waals surface area contributed by atoms with Crippen molar-refractivity contribution in [1.82, 2.24) is 9.97 Å². The molecule has 1 aliphatic rings. The number of hydrogen-bond acceptors (Lipinski definition) is 4. The molecule has 2 rings (SSSR count). The number of carbonyl (C=O) groups is 1. The zero-order chi connectivity index (χ0) is 11.5. The van der Waals surface area contributed by atoms with Gasteiger partial charge in [-0.1, -0.05) is 0 Å². The average molecular weight is 222 g/mol. The van der Waals surface area contributed by atoms with Gasteiger partial charge in [0.05, 0.1) is 11.9 Å². The number of aromatic hydroxyl groups is 1. The minimum Gasteiger partial charge on any atom is -0.504 e. The van der Waals surface area contributed by atoms with Gasteiger partial charge in [-0.25, -0.2) is 9.97 Å². The molecular weight excluding hydrogens is 208 g/mol. The molecule has 0 bridgehead atoms. The van der Waals surface area contributed by atoms with E-state index >= 15 is 0 Å². The number of hydrogen-bond donors (Lipinski definition) is 2. The Morgan fingerprint density at radius 2 is 2.25 bits per heavy atom. The van der Waals surface area contributed by atoms with Crippen molar-refractivity contribution >= 4 is 5.97 Å². The van der Waals surface area contributed by atoms with Gasteiger partial charge in [0.15, 0.2) is 5.75 Å². The Balaban J connectivity index is 2.00. The summed E-state index contributed by atoms with van der Waals surface area (Å²) in [6, 6.07) is 0. The van der Waals surface area contributed by atoms with E-state index in [0.717, 1.165) is 18.7 Å². The first-order chi connectivity index (χ1) is 7.66. The Kier molecular flexibility index (Phi) is 3.03. The molecule has 5 nitrogen and oxygen atoms in total. The van der Waals surface area contributed by atoms with E-state index in [9.17, 15) is 9.90 Å². The van der Waals surface area contributed by atoms with Crippen LogP contribution in [0.1, 0.15) is 43.1 Å². The molecule has 0 saturated heterocycles. The molecule has 0 radical (unpaired) electrons. The lowest BCUT2D eigenvalue weighted by molar-refractivity contribution is -0.137. The molecule has 16 heavy (non-hydrogen) atoms. The lowest BCUT2D eigenvalue weighted by Crippen LogP contribution is -2.01. The first kappa shape index (κ1) is 10.9. The van der Waals surface area contributed by atoms with Crippen molar-refractivity contribution in [3.8, 4) is 5.75 Å². The summed E-state index contributed by atoms with van der Waals surface area (Å²) in [7, 11) is 0. The number of carboxylic acid groups (broad SMARTS) is 1. The van der Waals surface area contributed by atoms with Crippen molar-refractivity contribution in [1.29, 1.82) is 0 Å². The number of aromatic nitrogens is 2. The van der Waals surface area contributed by atoms with Crippen LogP contribution >= 0.6 is 0 Å². The fraction of sp³-hybridized carbons (Fsp3) is 0.545. The molecule has 2 N–H and O–H groups in total. The van der Waals surface area contributed by atoms with Crippen molar-refractivity contribution < 1.29 is 15.0 Å². The van der Waals surface area contributed by atoms with E-state index in [0.29, 0.717) is 24.5 Å². The van der Waals surface area contributed by atoms with Gasteiger partial charge in [-0.2, -0.15) is 0 Å². The second-order valence-corrected chi connectivity index (χ2v) is 4.08. The third-order valence-corrected chi connectivity index (χ3v) is 2.61. The maximum absolute atomic E-state index is 10.4. The van der Waals surface area contributed by atoms with Crippen LogP contribution in [0.15, 0.2) is 6.20 Å². The van der Waals surface area contributed by atoms with Crippen LogP contribution in [0.3, 0.4) is 0 Å². The van der Waals surface area contributed by atoms with E-state index in [1.54, 1.807) is 0 Å². The third-order valence-electron chi connectivity index (χ3n) is 2.61. The van der Waals surface area contributed by atoms with E-state index in [1.165, 1.54) is 6.20 Å². The standard InChI is InChI=1S/C11H14N2O3/c14-9-6-12-11(7-4-5-7)13-8(9)2-1-3-10(15)16/h6-7,14H,1-5H2,(H,15,16). The topological polar surface area (TPSA) is 83.3 Å². The van der Waals surface area contributed by atoms with Gasteiger partial charge in [0.2, 0.25) is 0 Å². The van der Waals surface area contributed by atoms with Gasteiger partial charge in [-0.3, -0.25) is 4.79 Å². The fourth-order valence-electron chi connectivity index (χ4n) is 1.56. The van der Waals surface area contributed by atoms with Crippen LogP contribution in [0.25, 0.3) is 0 Å². The molecule has 1 aromatic heterocycles. The molecule has 0 aliphatic heterocycles. The molecule has 0 aromatic carbocycles. The van der Waals surface area contributed by atoms with Crippen LogP contribution in [0, 0.1) is 0 Å². The molecule has 1 heterocycles. The van der Waals surface area contributed by atoms with Crippen LogP contribution in [-0.2, 0) is 11.2 Å². The highest BCUT2D eigenvalue weighted by atomic mass is 16.4. The van der Waals surface area contributed by atoms with E-state index in [-0.39, 0.29) is 12.2 Å². The van der Waals surface area contributed by atoms with Crippen molar-refractivity contribution in [2.75, 3.05) is 0 Å². The lowest BCUT2D eigenvalue weighted by atomic mass is 10.2. The second-order valence-electron chi connectivity index (χ2n) is 4.08. The summed E-state index contributed by atoms with van der Waals surface area (Å²) >= 11 is 0. The molecule has 86 valence electrons. The highest BCUT2D eigenvalue weighted by Gasteiger charge is 2.27. The lowest BCUT2D eigenvalue weighted by Gasteiger charge is -2.04. The number of aryl methyl sites for hydroxylation is 1. The van der Waals surface area contributed by atoms with E-state index < -0.39 is 5.97 Å². The molecule has 0 spiro atoms. The van der Waals surface area contributed by atoms with Crippen molar-refractivity contribution in [3.63, 3.8) is 0 Å². The Morgan fingerprint density at radius 1 is 1.50 bits per heavy atom. The molecule has 1 aliphatic carbocycles. The predicted octanol–water partition coefficient (Wildman–Crippen LogP) is 1.47. The van der Waals surface area contributed by atoms with E-state index in [4.69, 9.17) is 5.11 Å². The monoisotopic (exact) mass is 222 g/mol. The average Bonchev–Trinajstić information content (AvgIpc) is 3.04. The van der Waals surface area contributed by atoms with Crippen molar-refractivity contribution in [3.05, 3.63) is 17.7 Å². The van der Waals surface area contributed by atoms with Crippen LogP contribution in [-0.4, -0.2) is 26.2 Å². The summed E-state index contributed by atoms with van der Waals surface area (Å²) in [6.07, 6.45) is 4.71. The second kappa shape index (κ2) is 4.47. The van der Waals surface area contributed by atoms with Crippen molar-refractivity contribution in [2.45, 2.75) is 38.0 Å². The molecule has 5 heteroatoms. The number of aliphatic carboxylic acids is 1. The highest BCUT2D eigenvalue weighted by molar-refractivity contribution is 5.66. The third kappa shape index (κ3) is 2.68. The van der Waals surface area contributed by atoms with Crippen LogP contribution in [0.5, 0.6) is 5.75 Å². The quantitative estimate of drug-likeness (QED) is 0.788. The van der Waals surface area contributed by atoms with Gasteiger partial charge in [0.25, 0.3) is 0 Å². The molecule has 1 saturated carbocycles. The van der Waals surface area contributed by atoms with Gasteiger partial charge in [-0.15, -0.1) is 0 Å². The SMILES string of the molecule is O=C(O)CCCc1nc(C2CC2)ncc1O. The van der Waals surface area contributed by atoms with Gasteiger partial charge in [0.1, 0.15) is 5.82 Å². The molecule has 1 fully saturated rings. The first-order valence-electron chi connectivity index (χ1n) is 5.43. The van der Waals surface area contributed by atoms with Crippen LogP contribution < -0.4 is 0 Å². The summed E-state index contributed by atoms with van der Waals surface area (Å²) in [5.41, 5.74) is 0.568. The number of rotatable bonds is 5. The maximum Gasteiger partial charge on any atom is 0.303 e. The Bertz CT molecular complexity index is 402. The van der Waals surface area contributed by atoms with Crippen LogP contribution in [0.2, 0.25) is 0 Å². The minimum absolute atomic E-state index is 0.0646. The fourth-order valence-corrected chi connectivity index (χ4v) is 1.56. The van der Waals surface area contributed by atoms with Gasteiger partial charge >= 0.3 is 5.97 Å². The summed E-state index contributed by atoms with van der Waals surface area (Å²) in [6.45, 7) is 0. The first-order valence-corrected chi connectivity index (χ1v) is 5.43. The zero-order valence-corrected chi connectivity index (χ0v) is 8.89. The summed E-state index contributed by atoms with van der Waals surface area (Å²) in [4.78, 5) is 18.7. The molecular formula is C11H14N2O3. The van der Waals surface area contributed by atoms with E-state index in [2.05, 4.69) is 9.97 Å². The molecule has 1 aromatic rings. The number of carboxylic acids is 1. The van der Waals surface area contributed by atoms with Gasteiger partial charge in [0, 0.05) is 12.3 Å². The zero-order valence-electron chi connectivity index (χ0n) is 8.89. The predicted molar refractivity (Wildman–Crippen MR) is 56.2 cm³/mol. The Hall–Kier alpha value is -1.65. The molecule has 0 amide bonds. The van der Waals surface area contributed by atoms with Crippen LogP contribution in [0.4, 0.5) is 0 Å². The summed E-state index contributed by atoms with van der Waals surface area (Å²) < 4.78 is 0. The normalized spacial score (nSPS) is 15.0. The Labute approximate surface area is 93.2 Å². The molecule has 0 atom stereocenters. The minimum atomic E-state index is -0.823. The number of nitrogens with zero attached hydrogens (tertiary/aromatic N) is 2. The van der Waals surface area contributed by atoms with E-state index in [1.807, 2.05) is 0 Å². The van der Waals surface area contributed by atoms with Gasteiger partial charge < -0.3 is 10.2 Å². The van der Waals surface area contributed by atoms with Gasteiger partial charge in [-0.05, 0) is 25.7 Å². The summed E-state index contributed by atoms with van der Waals surface area (Å²) in [5.74, 6) is 0.465. The molecule has 0 unspecified atom stereocenters. The maximum atomic E-state index is 10.4. The Morgan fingerprint density at radius 3 is 2.88 bits per heavy atom. The van der Waals surface area contributed by atoms with Crippen molar-refractivity contribution in [2.24, 2.45) is 0 Å². The smallest absolute Gasteiger partial charge is 0.303 e.